The summed E-state index contributed by atoms with van der Waals surface area (Å²) in [6, 6.07) is 5.21. The maximum absolute atomic E-state index is 9.41. The summed E-state index contributed by atoms with van der Waals surface area (Å²) in [6.45, 7) is 0. The molecule has 0 aliphatic carbocycles. The number of nitriles is 1. The highest BCUT2D eigenvalue weighted by Crippen LogP contribution is 2.34. The summed E-state index contributed by atoms with van der Waals surface area (Å²) in [5.74, 6) is -0.0463. The molecule has 2 aromatic rings. The van der Waals surface area contributed by atoms with Crippen LogP contribution < -0.4 is 5.73 Å². The molecule has 0 amide bonds. The van der Waals surface area contributed by atoms with Gasteiger partial charge in [0, 0.05) is 17.1 Å². The van der Waals surface area contributed by atoms with E-state index in [4.69, 9.17) is 11.0 Å². The van der Waals surface area contributed by atoms with Gasteiger partial charge in [-0.1, -0.05) is 0 Å². The summed E-state index contributed by atoms with van der Waals surface area (Å²) < 4.78 is 0.750. The molecule has 0 aliphatic rings. The molecule has 4 heteroatoms. The minimum absolute atomic E-state index is 0.0463. The zero-order valence-corrected chi connectivity index (χ0v) is 7.43. The van der Waals surface area contributed by atoms with E-state index in [0.29, 0.717) is 11.3 Å². The van der Waals surface area contributed by atoms with Crippen LogP contribution in [-0.4, -0.2) is 5.11 Å². The third-order valence-electron chi connectivity index (χ3n) is 1.86. The number of phenols is 1. The summed E-state index contributed by atoms with van der Waals surface area (Å²) in [6.07, 6.45) is 0. The highest BCUT2D eigenvalue weighted by atomic mass is 32.1. The molecule has 1 aromatic heterocycles. The van der Waals surface area contributed by atoms with Crippen molar-refractivity contribution in [1.82, 2.24) is 0 Å². The van der Waals surface area contributed by atoms with E-state index in [2.05, 4.69) is 0 Å². The highest BCUT2D eigenvalue weighted by molar-refractivity contribution is 7.17. The SMILES string of the molecule is N#Cc1c(O)cc(N)c2ccsc12. The van der Waals surface area contributed by atoms with Gasteiger partial charge in [-0.3, -0.25) is 0 Å². The molecule has 13 heavy (non-hydrogen) atoms. The van der Waals surface area contributed by atoms with Crippen molar-refractivity contribution in [2.75, 3.05) is 5.73 Å². The average Bonchev–Trinajstić information content (AvgIpc) is 2.53. The summed E-state index contributed by atoms with van der Waals surface area (Å²) in [7, 11) is 0. The van der Waals surface area contributed by atoms with Gasteiger partial charge in [0.1, 0.15) is 17.4 Å². The molecular weight excluding hydrogens is 184 g/mol. The summed E-state index contributed by atoms with van der Waals surface area (Å²) >= 11 is 1.40. The van der Waals surface area contributed by atoms with Crippen LogP contribution in [0.4, 0.5) is 5.69 Å². The normalized spacial score (nSPS) is 10.1. The van der Waals surface area contributed by atoms with E-state index in [1.165, 1.54) is 17.4 Å². The Hall–Kier alpha value is -1.73. The number of nitrogens with two attached hydrogens (primary N) is 1. The molecule has 3 nitrogen and oxygen atoms in total. The lowest BCUT2D eigenvalue weighted by atomic mass is 10.1. The van der Waals surface area contributed by atoms with Crippen LogP contribution in [0.1, 0.15) is 5.56 Å². The van der Waals surface area contributed by atoms with Crippen molar-refractivity contribution in [2.24, 2.45) is 0 Å². The number of anilines is 1. The monoisotopic (exact) mass is 190 g/mol. The summed E-state index contributed by atoms with van der Waals surface area (Å²) in [5.41, 5.74) is 6.47. The number of hydrogen-bond acceptors (Lipinski definition) is 4. The Kier molecular flexibility index (Phi) is 1.61. The van der Waals surface area contributed by atoms with Crippen molar-refractivity contribution in [3.05, 3.63) is 23.1 Å². The number of aromatic hydroxyl groups is 1. The molecule has 1 aromatic carbocycles. The Morgan fingerprint density at radius 2 is 2.31 bits per heavy atom. The average molecular weight is 190 g/mol. The van der Waals surface area contributed by atoms with Crippen LogP contribution in [0, 0.1) is 11.3 Å². The maximum Gasteiger partial charge on any atom is 0.136 e. The van der Waals surface area contributed by atoms with Gasteiger partial charge in [0.15, 0.2) is 0 Å². The van der Waals surface area contributed by atoms with Gasteiger partial charge in [0.25, 0.3) is 0 Å². The molecule has 2 rings (SSSR count). The molecule has 0 bridgehead atoms. The lowest BCUT2D eigenvalue weighted by Crippen LogP contribution is -1.87. The number of rotatable bonds is 0. The first kappa shape index (κ1) is 7.90. The predicted octanol–water partition coefficient (Wildman–Crippen LogP) is 2.06. The zero-order chi connectivity index (χ0) is 9.42. The quantitative estimate of drug-likeness (QED) is 0.624. The van der Waals surface area contributed by atoms with Crippen LogP contribution in [0.15, 0.2) is 17.5 Å². The molecule has 0 fully saturated rings. The molecule has 0 radical (unpaired) electrons. The lowest BCUT2D eigenvalue weighted by Gasteiger charge is -2.00. The van der Waals surface area contributed by atoms with E-state index in [1.54, 1.807) is 0 Å². The summed E-state index contributed by atoms with van der Waals surface area (Å²) in [5, 5.41) is 20.9. The molecule has 0 saturated heterocycles. The predicted molar refractivity (Wildman–Crippen MR) is 52.6 cm³/mol. The Bertz CT molecular complexity index is 510. The Balaban J connectivity index is 2.99. The molecule has 0 aliphatic heterocycles. The molecule has 3 N–H and O–H groups in total. The third kappa shape index (κ3) is 1.02. The largest absolute Gasteiger partial charge is 0.506 e. The Morgan fingerprint density at radius 3 is 3.00 bits per heavy atom. The van der Waals surface area contributed by atoms with Crippen molar-refractivity contribution in [2.45, 2.75) is 0 Å². The number of benzene rings is 1. The summed E-state index contributed by atoms with van der Waals surface area (Å²) in [4.78, 5) is 0. The minimum Gasteiger partial charge on any atom is -0.506 e. The third-order valence-corrected chi connectivity index (χ3v) is 2.80. The van der Waals surface area contributed by atoms with Crippen LogP contribution in [0.25, 0.3) is 10.1 Å². The Labute approximate surface area is 78.6 Å². The van der Waals surface area contributed by atoms with E-state index in [0.717, 1.165) is 10.1 Å². The fourth-order valence-electron chi connectivity index (χ4n) is 1.25. The number of phenolic OH excluding ortho intramolecular Hbond substituents is 1. The lowest BCUT2D eigenvalue weighted by molar-refractivity contribution is 0.475. The Morgan fingerprint density at radius 1 is 1.54 bits per heavy atom. The van der Waals surface area contributed by atoms with Crippen molar-refractivity contribution < 1.29 is 5.11 Å². The van der Waals surface area contributed by atoms with E-state index < -0.39 is 0 Å². The van der Waals surface area contributed by atoms with E-state index in [-0.39, 0.29) is 5.75 Å². The fraction of sp³-hybridized carbons (Fsp3) is 0. The van der Waals surface area contributed by atoms with Crippen molar-refractivity contribution in [1.29, 1.82) is 5.26 Å². The molecular formula is C9H6N2OS. The van der Waals surface area contributed by atoms with Gasteiger partial charge in [-0.15, -0.1) is 11.3 Å². The molecule has 1 heterocycles. The molecule has 64 valence electrons. The minimum atomic E-state index is -0.0463. The second-order valence-corrected chi connectivity index (χ2v) is 3.55. The van der Waals surface area contributed by atoms with Crippen LogP contribution >= 0.6 is 11.3 Å². The smallest absolute Gasteiger partial charge is 0.136 e. The van der Waals surface area contributed by atoms with Crippen molar-refractivity contribution >= 4 is 27.1 Å². The second-order valence-electron chi connectivity index (χ2n) is 2.64. The van der Waals surface area contributed by atoms with Crippen LogP contribution in [0.2, 0.25) is 0 Å². The van der Waals surface area contributed by atoms with Gasteiger partial charge in [-0.25, -0.2) is 0 Å². The van der Waals surface area contributed by atoms with E-state index >= 15 is 0 Å². The van der Waals surface area contributed by atoms with E-state index in [9.17, 15) is 5.11 Å². The maximum atomic E-state index is 9.41. The first-order valence-electron chi connectivity index (χ1n) is 3.63. The number of hydrogen-bond donors (Lipinski definition) is 2. The number of fused-ring (bicyclic) bond motifs is 1. The van der Waals surface area contributed by atoms with Crippen LogP contribution in [0.5, 0.6) is 5.75 Å². The zero-order valence-electron chi connectivity index (χ0n) is 6.61. The topological polar surface area (TPSA) is 70.0 Å². The number of thiophene rings is 1. The van der Waals surface area contributed by atoms with Gasteiger partial charge in [0.2, 0.25) is 0 Å². The fourth-order valence-corrected chi connectivity index (χ4v) is 2.17. The van der Waals surface area contributed by atoms with Gasteiger partial charge in [-0.05, 0) is 11.4 Å². The number of nitrogen functional groups attached to an aromatic ring is 1. The molecule has 0 spiro atoms. The van der Waals surface area contributed by atoms with Crippen molar-refractivity contribution in [3.63, 3.8) is 0 Å². The number of nitrogens with zero attached hydrogens (tertiary/aromatic N) is 1. The van der Waals surface area contributed by atoms with Gasteiger partial charge in [0.05, 0.1) is 4.70 Å². The molecule has 0 saturated carbocycles. The van der Waals surface area contributed by atoms with Gasteiger partial charge < -0.3 is 10.8 Å². The molecule has 0 unspecified atom stereocenters. The van der Waals surface area contributed by atoms with E-state index in [1.807, 2.05) is 17.5 Å². The first-order chi connectivity index (χ1) is 6.24. The second kappa shape index (κ2) is 2.64. The van der Waals surface area contributed by atoms with Crippen molar-refractivity contribution in [3.8, 4) is 11.8 Å². The molecule has 0 atom stereocenters. The van der Waals surface area contributed by atoms with Crippen LogP contribution in [-0.2, 0) is 0 Å². The standard InChI is InChI=1S/C9H6N2OS/c10-4-6-8(12)3-7(11)5-1-2-13-9(5)6/h1-3,12H,11H2. The first-order valence-corrected chi connectivity index (χ1v) is 4.50. The highest BCUT2D eigenvalue weighted by Gasteiger charge is 2.10. The van der Waals surface area contributed by atoms with Crippen LogP contribution in [0.3, 0.4) is 0 Å². The van der Waals surface area contributed by atoms with Gasteiger partial charge in [-0.2, -0.15) is 5.26 Å². The van der Waals surface area contributed by atoms with Gasteiger partial charge >= 0.3 is 0 Å².